The van der Waals surface area contributed by atoms with E-state index in [2.05, 4.69) is 69.5 Å². The number of amidine groups is 1. The molecule has 0 bridgehead atoms. The molecule has 1 fully saturated rings. The second-order valence-corrected chi connectivity index (χ2v) is 12.4. The van der Waals surface area contributed by atoms with Gasteiger partial charge in [-0.15, -0.1) is 24.9 Å². The predicted molar refractivity (Wildman–Crippen MR) is 177 cm³/mol. The minimum atomic E-state index is -4.75. The zero-order valence-electron chi connectivity index (χ0n) is 25.7. The summed E-state index contributed by atoms with van der Waals surface area (Å²) in [6.45, 7) is 9.82. The molecule has 240 valence electrons. The maximum absolute atomic E-state index is 13.0. The molecule has 8 nitrogen and oxygen atoms in total. The molecule has 0 radical (unpaired) electrons. The fraction of sp³-hybridized carbons (Fsp3) is 0.364. The van der Waals surface area contributed by atoms with E-state index in [9.17, 15) is 18.0 Å². The Hall–Kier alpha value is -4.19. The standard InChI is InChI=1S/C33H39F3N6O2S/c1-21(2)28-15-6-22(3)18-29(28)42-16-5-17-45-32(42)41-31(43)38-19-23(4)24-7-9-25(10-8-24)30(37)40-20-39-26-11-13-27(14-12-26)44-33(34,35)36/h6-15,18,20-21,23,32H,5,16-17,19H2,1-4H3,(H2,37,39,40)(H2,38,41,43). The van der Waals surface area contributed by atoms with E-state index in [4.69, 9.17) is 5.41 Å². The summed E-state index contributed by atoms with van der Waals surface area (Å²) in [5, 5.41) is 17.2. The van der Waals surface area contributed by atoms with Gasteiger partial charge in [0.25, 0.3) is 0 Å². The van der Waals surface area contributed by atoms with Gasteiger partial charge in [-0.3, -0.25) is 5.41 Å². The number of aryl methyl sites for hydroxylation is 1. The van der Waals surface area contributed by atoms with Crippen LogP contribution in [0.15, 0.2) is 71.7 Å². The highest BCUT2D eigenvalue weighted by Crippen LogP contribution is 2.34. The molecule has 1 aliphatic heterocycles. The quantitative estimate of drug-likeness (QED) is 0.134. The van der Waals surface area contributed by atoms with Crippen molar-refractivity contribution < 1.29 is 22.7 Å². The molecule has 0 aromatic heterocycles. The Labute approximate surface area is 266 Å². The van der Waals surface area contributed by atoms with Crippen molar-refractivity contribution in [3.8, 4) is 5.75 Å². The zero-order valence-corrected chi connectivity index (χ0v) is 26.6. The third-order valence-corrected chi connectivity index (χ3v) is 8.52. The third kappa shape index (κ3) is 9.90. The molecule has 3 aromatic rings. The van der Waals surface area contributed by atoms with Crippen molar-refractivity contribution in [3.63, 3.8) is 0 Å². The normalized spacial score (nSPS) is 16.0. The Morgan fingerprint density at radius 2 is 1.82 bits per heavy atom. The molecule has 4 rings (SSSR count). The zero-order chi connectivity index (χ0) is 32.6. The van der Waals surface area contributed by atoms with Crippen LogP contribution in [0.1, 0.15) is 61.3 Å². The van der Waals surface area contributed by atoms with Gasteiger partial charge in [-0.2, -0.15) is 0 Å². The predicted octanol–water partition coefficient (Wildman–Crippen LogP) is 7.81. The number of urea groups is 1. The van der Waals surface area contributed by atoms with E-state index in [0.29, 0.717) is 23.7 Å². The summed E-state index contributed by atoms with van der Waals surface area (Å²) in [7, 11) is 0. The molecule has 1 heterocycles. The largest absolute Gasteiger partial charge is 0.573 e. The Kier molecular flexibility index (Phi) is 11.4. The van der Waals surface area contributed by atoms with Crippen LogP contribution >= 0.6 is 11.8 Å². The van der Waals surface area contributed by atoms with Crippen LogP contribution in [-0.4, -0.2) is 48.9 Å². The number of rotatable bonds is 10. The molecule has 2 amide bonds. The number of thioether (sulfide) groups is 1. The fourth-order valence-electron chi connectivity index (χ4n) is 4.89. The molecule has 2 unspecified atom stereocenters. The molecule has 12 heteroatoms. The SMILES string of the molecule is Cc1ccc(C(C)C)c(N2CCCSC2NC(=O)NCC(C)c2ccc(C(=N)/N=C\Nc3ccc(OC(F)(F)F)cc3)cc2)c1. The lowest BCUT2D eigenvalue weighted by Crippen LogP contribution is -2.52. The maximum atomic E-state index is 13.0. The van der Waals surface area contributed by atoms with Gasteiger partial charge in [-0.1, -0.05) is 57.2 Å². The number of ether oxygens (including phenoxy) is 1. The van der Waals surface area contributed by atoms with Crippen LogP contribution in [0.25, 0.3) is 0 Å². The van der Waals surface area contributed by atoms with Gasteiger partial charge in [0.15, 0.2) is 11.3 Å². The van der Waals surface area contributed by atoms with Crippen LogP contribution in [0.4, 0.5) is 29.3 Å². The Bertz CT molecular complexity index is 1480. The molecule has 0 aliphatic carbocycles. The van der Waals surface area contributed by atoms with Crippen LogP contribution in [-0.2, 0) is 0 Å². The summed E-state index contributed by atoms with van der Waals surface area (Å²) < 4.78 is 40.8. The van der Waals surface area contributed by atoms with Gasteiger partial charge in [0, 0.05) is 30.0 Å². The lowest BCUT2D eigenvalue weighted by Gasteiger charge is -2.39. The van der Waals surface area contributed by atoms with E-state index in [1.165, 1.54) is 47.4 Å². The van der Waals surface area contributed by atoms with Gasteiger partial charge >= 0.3 is 12.4 Å². The van der Waals surface area contributed by atoms with Gasteiger partial charge in [0.05, 0.1) is 6.34 Å². The van der Waals surface area contributed by atoms with E-state index >= 15 is 0 Å². The summed E-state index contributed by atoms with van der Waals surface area (Å²) >= 11 is 1.74. The number of carbonyl (C=O) groups is 1. The first-order valence-corrected chi connectivity index (χ1v) is 15.8. The number of aliphatic imine (C=N–C) groups is 1. The number of anilines is 2. The molecular formula is C33H39F3N6O2S. The Morgan fingerprint density at radius 1 is 1.11 bits per heavy atom. The molecule has 1 saturated heterocycles. The molecule has 2 atom stereocenters. The molecule has 3 aromatic carbocycles. The summed E-state index contributed by atoms with van der Waals surface area (Å²) in [5.74, 6) is 1.08. The maximum Gasteiger partial charge on any atom is 0.573 e. The van der Waals surface area contributed by atoms with Crippen LogP contribution in [0, 0.1) is 12.3 Å². The number of hydrogen-bond donors (Lipinski definition) is 4. The Balaban J connectivity index is 1.27. The van der Waals surface area contributed by atoms with Crippen molar-refractivity contribution in [2.24, 2.45) is 4.99 Å². The van der Waals surface area contributed by atoms with Gasteiger partial charge in [0.2, 0.25) is 0 Å². The van der Waals surface area contributed by atoms with Crippen molar-refractivity contribution >= 4 is 41.3 Å². The van der Waals surface area contributed by atoms with Gasteiger partial charge in [-0.05, 0) is 78.0 Å². The molecule has 0 spiro atoms. The van der Waals surface area contributed by atoms with Gasteiger partial charge in [0.1, 0.15) is 5.75 Å². The molecule has 1 aliphatic rings. The summed E-state index contributed by atoms with van der Waals surface area (Å²) in [5.41, 5.74) is 5.58. The molecule has 0 saturated carbocycles. The fourth-order valence-corrected chi connectivity index (χ4v) is 6.00. The number of carbonyl (C=O) groups excluding carboxylic acids is 1. The first-order chi connectivity index (χ1) is 21.4. The lowest BCUT2D eigenvalue weighted by molar-refractivity contribution is -0.274. The number of amides is 2. The van der Waals surface area contributed by atoms with Crippen molar-refractivity contribution in [1.29, 1.82) is 5.41 Å². The van der Waals surface area contributed by atoms with Crippen LogP contribution < -0.4 is 25.6 Å². The number of nitrogens with zero attached hydrogens (tertiary/aromatic N) is 2. The van der Waals surface area contributed by atoms with Crippen LogP contribution in [0.3, 0.4) is 0 Å². The average molecular weight is 641 g/mol. The minimum Gasteiger partial charge on any atom is -0.406 e. The number of alkyl halides is 3. The first-order valence-electron chi connectivity index (χ1n) is 14.8. The highest BCUT2D eigenvalue weighted by Gasteiger charge is 2.31. The van der Waals surface area contributed by atoms with Crippen LogP contribution in [0.5, 0.6) is 5.75 Å². The van der Waals surface area contributed by atoms with Crippen molar-refractivity contribution in [3.05, 3.63) is 89.0 Å². The first kappa shape index (κ1) is 33.7. The number of nitrogens with one attached hydrogen (secondary N) is 4. The van der Waals surface area contributed by atoms with Crippen molar-refractivity contribution in [2.45, 2.75) is 57.8 Å². The highest BCUT2D eigenvalue weighted by atomic mass is 32.2. The van der Waals surface area contributed by atoms with E-state index in [0.717, 1.165) is 24.3 Å². The summed E-state index contributed by atoms with van der Waals surface area (Å²) in [6.07, 6.45) is -2.39. The summed E-state index contributed by atoms with van der Waals surface area (Å²) in [6, 6.07) is 18.9. The van der Waals surface area contributed by atoms with E-state index in [-0.39, 0.29) is 29.0 Å². The Morgan fingerprint density at radius 3 is 2.49 bits per heavy atom. The van der Waals surface area contributed by atoms with E-state index in [1.54, 1.807) is 23.9 Å². The van der Waals surface area contributed by atoms with Gasteiger partial charge in [-0.25, -0.2) is 9.79 Å². The van der Waals surface area contributed by atoms with Crippen molar-refractivity contribution in [1.82, 2.24) is 10.6 Å². The number of benzene rings is 3. The van der Waals surface area contributed by atoms with Crippen molar-refractivity contribution in [2.75, 3.05) is 29.1 Å². The second kappa shape index (κ2) is 15.2. The third-order valence-electron chi connectivity index (χ3n) is 7.31. The highest BCUT2D eigenvalue weighted by molar-refractivity contribution is 8.00. The smallest absolute Gasteiger partial charge is 0.406 e. The molecular weight excluding hydrogens is 601 g/mol. The topological polar surface area (TPSA) is 102 Å². The van der Waals surface area contributed by atoms with E-state index < -0.39 is 6.36 Å². The van der Waals surface area contributed by atoms with Crippen LogP contribution in [0.2, 0.25) is 0 Å². The molecule has 45 heavy (non-hydrogen) atoms. The lowest BCUT2D eigenvalue weighted by atomic mass is 9.98. The molecule has 4 N–H and O–H groups in total. The number of hydrogen-bond acceptors (Lipinski definition) is 5. The summed E-state index contributed by atoms with van der Waals surface area (Å²) in [4.78, 5) is 19.3. The number of halogens is 3. The minimum absolute atomic E-state index is 0.0139. The monoisotopic (exact) mass is 640 g/mol. The van der Waals surface area contributed by atoms with Gasteiger partial charge < -0.3 is 25.6 Å². The second-order valence-electron chi connectivity index (χ2n) is 11.2. The average Bonchev–Trinajstić information content (AvgIpc) is 3.00. The van der Waals surface area contributed by atoms with E-state index in [1.807, 2.05) is 19.1 Å².